The first-order chi connectivity index (χ1) is 19.0. The van der Waals surface area contributed by atoms with Gasteiger partial charge in [-0.1, -0.05) is 38.1 Å². The molecule has 0 saturated carbocycles. The molecular formula is C33H37NO6. The van der Waals surface area contributed by atoms with Crippen molar-refractivity contribution in [2.24, 2.45) is 0 Å². The third-order valence-corrected chi connectivity index (χ3v) is 7.03. The SMILES string of the molecule is COc1cccc(C2/C(=C(\O)c3cc(C(C)C)c(OC)cc3C)C(=O)C(=O)N2Cc2cccc(OC(C)C)c2)c1. The Kier molecular flexibility index (Phi) is 8.52. The average molecular weight is 544 g/mol. The maximum Gasteiger partial charge on any atom is 0.295 e. The number of aliphatic hydroxyl groups is 1. The van der Waals surface area contributed by atoms with E-state index in [1.807, 2.05) is 77.1 Å². The van der Waals surface area contributed by atoms with Crippen LogP contribution in [0, 0.1) is 6.92 Å². The minimum absolute atomic E-state index is 0.00951. The van der Waals surface area contributed by atoms with Crippen LogP contribution in [0.1, 0.15) is 67.5 Å². The van der Waals surface area contributed by atoms with Gasteiger partial charge in [0.15, 0.2) is 0 Å². The van der Waals surface area contributed by atoms with Crippen LogP contribution in [0.25, 0.3) is 5.76 Å². The molecule has 40 heavy (non-hydrogen) atoms. The Labute approximate surface area is 236 Å². The normalized spacial score (nSPS) is 16.6. The van der Waals surface area contributed by atoms with Crippen LogP contribution in [-0.2, 0) is 16.1 Å². The number of likely N-dealkylation sites (tertiary alicyclic amines) is 1. The minimum atomic E-state index is -0.825. The number of benzene rings is 3. The monoisotopic (exact) mass is 543 g/mol. The summed E-state index contributed by atoms with van der Waals surface area (Å²) in [5.74, 6) is 0.445. The lowest BCUT2D eigenvalue weighted by Gasteiger charge is -2.26. The van der Waals surface area contributed by atoms with Crippen LogP contribution >= 0.6 is 0 Å². The topological polar surface area (TPSA) is 85.3 Å². The van der Waals surface area contributed by atoms with E-state index >= 15 is 0 Å². The van der Waals surface area contributed by atoms with Crippen LogP contribution in [-0.4, -0.2) is 42.0 Å². The van der Waals surface area contributed by atoms with Crippen molar-refractivity contribution < 1.29 is 28.9 Å². The van der Waals surface area contributed by atoms with Gasteiger partial charge < -0.3 is 24.2 Å². The molecule has 1 saturated heterocycles. The summed E-state index contributed by atoms with van der Waals surface area (Å²) in [5.41, 5.74) is 3.61. The lowest BCUT2D eigenvalue weighted by Crippen LogP contribution is -2.29. The maximum atomic E-state index is 13.6. The van der Waals surface area contributed by atoms with Crippen molar-refractivity contribution in [3.05, 3.63) is 94.1 Å². The van der Waals surface area contributed by atoms with Gasteiger partial charge in [0.25, 0.3) is 11.7 Å². The molecule has 1 N–H and O–H groups in total. The van der Waals surface area contributed by atoms with Crippen molar-refractivity contribution in [1.29, 1.82) is 0 Å². The predicted molar refractivity (Wildman–Crippen MR) is 155 cm³/mol. The van der Waals surface area contributed by atoms with Gasteiger partial charge >= 0.3 is 0 Å². The summed E-state index contributed by atoms with van der Waals surface area (Å²) in [7, 11) is 3.17. The summed E-state index contributed by atoms with van der Waals surface area (Å²) in [6.07, 6.45) is -0.00951. The molecule has 1 unspecified atom stereocenters. The molecule has 1 aliphatic heterocycles. The van der Waals surface area contributed by atoms with Crippen LogP contribution in [0.2, 0.25) is 0 Å². The summed E-state index contributed by atoms with van der Waals surface area (Å²) in [6.45, 7) is 9.95. The molecule has 7 heteroatoms. The number of amides is 1. The largest absolute Gasteiger partial charge is 0.507 e. The van der Waals surface area contributed by atoms with E-state index in [2.05, 4.69) is 0 Å². The number of methoxy groups -OCH3 is 2. The first-order valence-electron chi connectivity index (χ1n) is 13.4. The van der Waals surface area contributed by atoms with Crippen molar-refractivity contribution >= 4 is 17.4 Å². The van der Waals surface area contributed by atoms with Crippen LogP contribution < -0.4 is 14.2 Å². The number of rotatable bonds is 9. The lowest BCUT2D eigenvalue weighted by atomic mass is 9.91. The van der Waals surface area contributed by atoms with Gasteiger partial charge in [-0.15, -0.1) is 0 Å². The molecule has 1 fully saturated rings. The van der Waals surface area contributed by atoms with E-state index in [9.17, 15) is 14.7 Å². The summed E-state index contributed by atoms with van der Waals surface area (Å²) < 4.78 is 16.9. The van der Waals surface area contributed by atoms with E-state index in [0.29, 0.717) is 28.4 Å². The standard InChI is InChI=1S/C33H37NO6/c1-19(2)26-17-27(21(5)14-28(26)39-7)31(35)29-30(23-11-9-12-24(16-23)38-6)34(33(37)32(29)36)18-22-10-8-13-25(15-22)40-20(3)4/h8-17,19-20,30,35H,18H2,1-7H3/b31-29+. The van der Waals surface area contributed by atoms with Crippen LogP contribution in [0.15, 0.2) is 66.2 Å². The van der Waals surface area contributed by atoms with E-state index in [4.69, 9.17) is 14.2 Å². The van der Waals surface area contributed by atoms with Crippen molar-refractivity contribution in [1.82, 2.24) is 4.90 Å². The molecule has 1 aliphatic rings. The first kappa shape index (κ1) is 28.7. The zero-order chi connectivity index (χ0) is 29.1. The molecule has 1 amide bonds. The number of ketones is 1. The van der Waals surface area contributed by atoms with Gasteiger partial charge in [-0.2, -0.15) is 0 Å². The molecule has 0 bridgehead atoms. The van der Waals surface area contributed by atoms with Gasteiger partial charge in [0.1, 0.15) is 23.0 Å². The molecule has 3 aromatic rings. The second kappa shape index (κ2) is 11.9. The van der Waals surface area contributed by atoms with Gasteiger partial charge in [0.05, 0.1) is 31.9 Å². The third-order valence-electron chi connectivity index (χ3n) is 7.03. The fourth-order valence-electron chi connectivity index (χ4n) is 5.11. The van der Waals surface area contributed by atoms with E-state index < -0.39 is 17.7 Å². The zero-order valence-corrected chi connectivity index (χ0v) is 24.1. The highest BCUT2D eigenvalue weighted by atomic mass is 16.5. The van der Waals surface area contributed by atoms with Gasteiger partial charge in [-0.3, -0.25) is 9.59 Å². The van der Waals surface area contributed by atoms with Crippen molar-refractivity contribution in [2.45, 2.75) is 59.2 Å². The van der Waals surface area contributed by atoms with E-state index in [0.717, 1.165) is 16.7 Å². The summed E-state index contributed by atoms with van der Waals surface area (Å²) >= 11 is 0. The molecule has 0 aromatic heterocycles. The molecule has 210 valence electrons. The molecule has 0 spiro atoms. The number of ether oxygens (including phenoxy) is 3. The van der Waals surface area contributed by atoms with Crippen molar-refractivity contribution in [3.8, 4) is 17.2 Å². The Morgan fingerprint density at radius 3 is 2.27 bits per heavy atom. The number of hydrogen-bond donors (Lipinski definition) is 1. The second-order valence-corrected chi connectivity index (χ2v) is 10.6. The smallest absolute Gasteiger partial charge is 0.295 e. The summed E-state index contributed by atoms with van der Waals surface area (Å²) in [5, 5.41) is 11.7. The fourth-order valence-corrected chi connectivity index (χ4v) is 5.11. The Morgan fingerprint density at radius 1 is 0.925 bits per heavy atom. The highest BCUT2D eigenvalue weighted by Crippen LogP contribution is 2.42. The average Bonchev–Trinajstić information content (AvgIpc) is 3.17. The maximum absolute atomic E-state index is 13.6. The molecule has 1 heterocycles. The summed E-state index contributed by atoms with van der Waals surface area (Å²) in [6, 6.07) is 17.6. The quantitative estimate of drug-likeness (QED) is 0.187. The van der Waals surface area contributed by atoms with Gasteiger partial charge in [-0.25, -0.2) is 0 Å². The molecule has 7 nitrogen and oxygen atoms in total. The second-order valence-electron chi connectivity index (χ2n) is 10.6. The lowest BCUT2D eigenvalue weighted by molar-refractivity contribution is -0.140. The van der Waals surface area contributed by atoms with E-state index in [-0.39, 0.29) is 29.9 Å². The van der Waals surface area contributed by atoms with Gasteiger partial charge in [0, 0.05) is 12.1 Å². The van der Waals surface area contributed by atoms with E-state index in [1.165, 1.54) is 4.90 Å². The first-order valence-corrected chi connectivity index (χ1v) is 13.4. The third kappa shape index (κ3) is 5.69. The fraction of sp³-hybridized carbons (Fsp3) is 0.333. The Hall–Kier alpha value is -4.26. The predicted octanol–water partition coefficient (Wildman–Crippen LogP) is 6.54. The number of carbonyl (C=O) groups excluding carboxylic acids is 2. The van der Waals surface area contributed by atoms with E-state index in [1.54, 1.807) is 32.4 Å². The Morgan fingerprint density at radius 2 is 1.62 bits per heavy atom. The number of Topliss-reactive ketones (excluding diaryl/α,β-unsaturated/α-hetero) is 1. The highest BCUT2D eigenvalue weighted by Gasteiger charge is 2.46. The Bertz CT molecular complexity index is 1460. The minimum Gasteiger partial charge on any atom is -0.507 e. The number of hydrogen-bond acceptors (Lipinski definition) is 6. The summed E-state index contributed by atoms with van der Waals surface area (Å²) in [4.78, 5) is 28.7. The Balaban J connectivity index is 1.89. The van der Waals surface area contributed by atoms with Gasteiger partial charge in [-0.05, 0) is 85.3 Å². The van der Waals surface area contributed by atoms with Crippen molar-refractivity contribution in [2.75, 3.05) is 14.2 Å². The molecule has 0 radical (unpaired) electrons. The molecule has 1 atom stereocenters. The number of nitrogens with zero attached hydrogens (tertiary/aromatic N) is 1. The van der Waals surface area contributed by atoms with Crippen molar-refractivity contribution in [3.63, 3.8) is 0 Å². The number of carbonyl (C=O) groups is 2. The number of aliphatic hydroxyl groups excluding tert-OH is 1. The molecule has 3 aromatic carbocycles. The molecule has 4 rings (SSSR count). The molecular weight excluding hydrogens is 506 g/mol. The van der Waals surface area contributed by atoms with Crippen LogP contribution in [0.3, 0.4) is 0 Å². The molecule has 0 aliphatic carbocycles. The highest BCUT2D eigenvalue weighted by molar-refractivity contribution is 6.46. The van der Waals surface area contributed by atoms with Crippen LogP contribution in [0.4, 0.5) is 0 Å². The van der Waals surface area contributed by atoms with Crippen LogP contribution in [0.5, 0.6) is 17.2 Å². The number of aryl methyl sites for hydroxylation is 1. The van der Waals surface area contributed by atoms with Gasteiger partial charge in [0.2, 0.25) is 0 Å². The zero-order valence-electron chi connectivity index (χ0n) is 24.1.